The number of pyridine rings is 1. The fourth-order valence-electron chi connectivity index (χ4n) is 2.64. The predicted molar refractivity (Wildman–Crippen MR) is 88.1 cm³/mol. The van der Waals surface area contributed by atoms with Gasteiger partial charge in [-0.15, -0.1) is 0 Å². The number of benzene rings is 2. The number of hydrogen-bond acceptors (Lipinski definition) is 1. The lowest BCUT2D eigenvalue weighted by Crippen LogP contribution is -1.94. The van der Waals surface area contributed by atoms with Crippen molar-refractivity contribution in [3.8, 4) is 11.3 Å². The van der Waals surface area contributed by atoms with Crippen molar-refractivity contribution in [1.29, 1.82) is 0 Å². The number of aromatic nitrogens is 1. The molecule has 0 saturated heterocycles. The van der Waals surface area contributed by atoms with Crippen LogP contribution in [0, 0.1) is 0 Å². The largest absolute Gasteiger partial charge is 0.256 e. The average molecular weight is 273 g/mol. The summed E-state index contributed by atoms with van der Waals surface area (Å²) in [6, 6.07) is 25.4. The van der Waals surface area contributed by atoms with Crippen molar-refractivity contribution in [2.45, 2.75) is 19.3 Å². The van der Waals surface area contributed by atoms with Gasteiger partial charge in [-0.2, -0.15) is 0 Å². The van der Waals surface area contributed by atoms with Gasteiger partial charge in [-0.3, -0.25) is 4.98 Å². The van der Waals surface area contributed by atoms with Crippen LogP contribution in [-0.2, 0) is 12.8 Å². The monoisotopic (exact) mass is 273 g/mol. The van der Waals surface area contributed by atoms with Crippen LogP contribution in [0.2, 0.25) is 0 Å². The maximum Gasteiger partial charge on any atom is 0.0704 e. The molecular weight excluding hydrogens is 254 g/mol. The average Bonchev–Trinajstić information content (AvgIpc) is 2.57. The second kappa shape index (κ2) is 6.85. The second-order valence-corrected chi connectivity index (χ2v) is 5.21. The Balaban J connectivity index is 1.71. The summed E-state index contributed by atoms with van der Waals surface area (Å²) in [7, 11) is 0. The Labute approximate surface area is 126 Å². The Bertz CT molecular complexity index is 674. The first-order valence-electron chi connectivity index (χ1n) is 7.47. The minimum atomic E-state index is 1.06. The van der Waals surface area contributed by atoms with Crippen molar-refractivity contribution in [1.82, 2.24) is 4.98 Å². The Kier molecular flexibility index (Phi) is 4.42. The van der Waals surface area contributed by atoms with E-state index >= 15 is 0 Å². The molecule has 1 heterocycles. The molecule has 1 heteroatoms. The second-order valence-electron chi connectivity index (χ2n) is 5.21. The summed E-state index contributed by atoms with van der Waals surface area (Å²) >= 11 is 0. The zero-order valence-corrected chi connectivity index (χ0v) is 12.1. The first-order chi connectivity index (χ1) is 10.4. The van der Waals surface area contributed by atoms with E-state index in [1.165, 1.54) is 16.7 Å². The Hall–Kier alpha value is -2.41. The summed E-state index contributed by atoms with van der Waals surface area (Å²) in [6.07, 6.45) is 5.23. The van der Waals surface area contributed by atoms with Crippen molar-refractivity contribution >= 4 is 0 Å². The van der Waals surface area contributed by atoms with E-state index in [0.29, 0.717) is 0 Å². The smallest absolute Gasteiger partial charge is 0.0704 e. The first kappa shape index (κ1) is 13.6. The van der Waals surface area contributed by atoms with Crippen LogP contribution in [0.5, 0.6) is 0 Å². The van der Waals surface area contributed by atoms with Crippen LogP contribution < -0.4 is 0 Å². The Morgan fingerprint density at radius 1 is 0.667 bits per heavy atom. The molecule has 1 aromatic heterocycles. The highest BCUT2D eigenvalue weighted by atomic mass is 14.7. The summed E-state index contributed by atoms with van der Waals surface area (Å²) in [4.78, 5) is 4.48. The Morgan fingerprint density at radius 3 is 2.24 bits per heavy atom. The van der Waals surface area contributed by atoms with Gasteiger partial charge < -0.3 is 0 Å². The van der Waals surface area contributed by atoms with Gasteiger partial charge >= 0.3 is 0 Å². The van der Waals surface area contributed by atoms with Gasteiger partial charge in [0.2, 0.25) is 0 Å². The molecule has 0 amide bonds. The van der Waals surface area contributed by atoms with Crippen LogP contribution in [0.1, 0.15) is 17.5 Å². The number of aryl methyl sites for hydroxylation is 2. The van der Waals surface area contributed by atoms with E-state index in [1.54, 1.807) is 0 Å². The number of hydrogen-bond donors (Lipinski definition) is 0. The summed E-state index contributed by atoms with van der Waals surface area (Å²) in [5, 5.41) is 0. The van der Waals surface area contributed by atoms with E-state index in [2.05, 4.69) is 65.6 Å². The fraction of sp³-hybridized carbons (Fsp3) is 0.150. The molecule has 0 unspecified atom stereocenters. The highest BCUT2D eigenvalue weighted by Crippen LogP contribution is 2.23. The third-order valence-electron chi connectivity index (χ3n) is 3.71. The molecule has 0 fully saturated rings. The first-order valence-corrected chi connectivity index (χ1v) is 7.47. The standard InChI is InChI=1S/C20H19N/c1-2-9-17(10-3-1)11-8-13-18-12-4-5-14-19(18)20-15-6-7-16-21-20/h1-7,9-10,12,14-16H,8,11,13H2. The molecule has 0 aliphatic heterocycles. The molecule has 2 aromatic carbocycles. The number of nitrogens with zero attached hydrogens (tertiary/aromatic N) is 1. The van der Waals surface area contributed by atoms with Gasteiger partial charge in [0, 0.05) is 11.8 Å². The minimum absolute atomic E-state index is 1.06. The molecule has 3 rings (SSSR count). The van der Waals surface area contributed by atoms with E-state index < -0.39 is 0 Å². The van der Waals surface area contributed by atoms with Gasteiger partial charge in [-0.25, -0.2) is 0 Å². The molecule has 0 N–H and O–H groups in total. The van der Waals surface area contributed by atoms with E-state index in [9.17, 15) is 0 Å². The van der Waals surface area contributed by atoms with Crippen LogP contribution in [0.15, 0.2) is 79.0 Å². The third kappa shape index (κ3) is 3.57. The van der Waals surface area contributed by atoms with Crippen molar-refractivity contribution in [2.24, 2.45) is 0 Å². The van der Waals surface area contributed by atoms with E-state index in [0.717, 1.165) is 25.0 Å². The quantitative estimate of drug-likeness (QED) is 0.642. The van der Waals surface area contributed by atoms with Crippen LogP contribution in [0.25, 0.3) is 11.3 Å². The van der Waals surface area contributed by atoms with Gasteiger partial charge in [-0.1, -0.05) is 60.7 Å². The van der Waals surface area contributed by atoms with Crippen LogP contribution in [0.4, 0.5) is 0 Å². The van der Waals surface area contributed by atoms with Crippen LogP contribution in [-0.4, -0.2) is 4.98 Å². The van der Waals surface area contributed by atoms with Crippen molar-refractivity contribution in [2.75, 3.05) is 0 Å². The van der Waals surface area contributed by atoms with Gasteiger partial charge in [0.15, 0.2) is 0 Å². The molecule has 0 saturated carbocycles. The van der Waals surface area contributed by atoms with Crippen molar-refractivity contribution in [3.05, 3.63) is 90.1 Å². The molecule has 0 bridgehead atoms. The van der Waals surface area contributed by atoms with E-state index in [1.807, 2.05) is 18.3 Å². The highest BCUT2D eigenvalue weighted by molar-refractivity contribution is 5.63. The normalized spacial score (nSPS) is 10.5. The molecule has 0 aliphatic rings. The van der Waals surface area contributed by atoms with Crippen molar-refractivity contribution < 1.29 is 0 Å². The van der Waals surface area contributed by atoms with E-state index in [4.69, 9.17) is 0 Å². The fourth-order valence-corrected chi connectivity index (χ4v) is 2.64. The molecule has 104 valence electrons. The topological polar surface area (TPSA) is 12.9 Å². The summed E-state index contributed by atoms with van der Waals surface area (Å²) in [6.45, 7) is 0. The molecule has 0 aliphatic carbocycles. The number of rotatable bonds is 5. The molecule has 0 spiro atoms. The lowest BCUT2D eigenvalue weighted by atomic mass is 9.98. The third-order valence-corrected chi connectivity index (χ3v) is 3.71. The van der Waals surface area contributed by atoms with E-state index in [-0.39, 0.29) is 0 Å². The summed E-state index contributed by atoms with van der Waals surface area (Å²) < 4.78 is 0. The minimum Gasteiger partial charge on any atom is -0.256 e. The van der Waals surface area contributed by atoms with Gasteiger partial charge in [0.05, 0.1) is 5.69 Å². The SMILES string of the molecule is c1ccc(CCCc2ccccc2-c2ccccn2)cc1. The highest BCUT2D eigenvalue weighted by Gasteiger charge is 2.05. The predicted octanol–water partition coefficient (Wildman–Crippen LogP) is 4.92. The summed E-state index contributed by atoms with van der Waals surface area (Å²) in [5.74, 6) is 0. The molecule has 0 radical (unpaired) electrons. The molecule has 3 aromatic rings. The van der Waals surface area contributed by atoms with Crippen LogP contribution >= 0.6 is 0 Å². The van der Waals surface area contributed by atoms with Gasteiger partial charge in [0.25, 0.3) is 0 Å². The lowest BCUT2D eigenvalue weighted by molar-refractivity contribution is 0.821. The Morgan fingerprint density at radius 2 is 1.43 bits per heavy atom. The zero-order chi connectivity index (χ0) is 14.3. The molecule has 0 atom stereocenters. The maximum atomic E-state index is 4.48. The molecular formula is C20H19N. The maximum absolute atomic E-state index is 4.48. The molecule has 1 nitrogen and oxygen atoms in total. The zero-order valence-electron chi connectivity index (χ0n) is 12.1. The van der Waals surface area contributed by atoms with Crippen LogP contribution in [0.3, 0.4) is 0 Å². The van der Waals surface area contributed by atoms with Gasteiger partial charge in [-0.05, 0) is 42.5 Å². The van der Waals surface area contributed by atoms with Crippen molar-refractivity contribution in [3.63, 3.8) is 0 Å². The van der Waals surface area contributed by atoms with Gasteiger partial charge in [0.1, 0.15) is 0 Å². The lowest BCUT2D eigenvalue weighted by Gasteiger charge is -2.09. The summed E-state index contributed by atoms with van der Waals surface area (Å²) in [5.41, 5.74) is 5.11. The molecule has 21 heavy (non-hydrogen) atoms.